The number of fused-ring (bicyclic) bond motifs is 1. The van der Waals surface area contributed by atoms with Crippen molar-refractivity contribution in [3.05, 3.63) is 60.7 Å². The maximum atomic E-state index is 5.75. The van der Waals surface area contributed by atoms with Crippen molar-refractivity contribution in [2.45, 2.75) is 0 Å². The number of furan rings is 1. The molecule has 18 heavy (non-hydrogen) atoms. The van der Waals surface area contributed by atoms with Gasteiger partial charge >= 0.3 is 0 Å². The van der Waals surface area contributed by atoms with E-state index in [0.29, 0.717) is 0 Å². The standard InChI is InChI=1S/C14H10O.C2H7N/c1-2-6-11(7-3-1)14-10-12-8-4-5-9-13(12)15-14;1-3-2/h1-10H;3H,1-2H3. The second kappa shape index (κ2) is 6.03. The van der Waals surface area contributed by atoms with Gasteiger partial charge in [-0.3, -0.25) is 0 Å². The minimum absolute atomic E-state index is 0.928. The lowest BCUT2D eigenvalue weighted by molar-refractivity contribution is 0.631. The smallest absolute Gasteiger partial charge is 0.135 e. The summed E-state index contributed by atoms with van der Waals surface area (Å²) < 4.78 is 5.75. The number of hydrogen-bond donors (Lipinski definition) is 1. The highest BCUT2D eigenvalue weighted by molar-refractivity contribution is 5.82. The first-order valence-electron chi connectivity index (χ1n) is 5.97. The molecule has 0 spiro atoms. The minimum atomic E-state index is 0.928. The molecule has 0 saturated carbocycles. The highest BCUT2D eigenvalue weighted by atomic mass is 16.3. The summed E-state index contributed by atoms with van der Waals surface area (Å²) in [6.45, 7) is 0. The molecule has 0 radical (unpaired) electrons. The monoisotopic (exact) mass is 239 g/mol. The van der Waals surface area contributed by atoms with Crippen LogP contribution in [0.1, 0.15) is 0 Å². The Morgan fingerprint density at radius 1 is 0.833 bits per heavy atom. The lowest BCUT2D eigenvalue weighted by Crippen LogP contribution is -1.89. The lowest BCUT2D eigenvalue weighted by atomic mass is 10.1. The van der Waals surface area contributed by atoms with Gasteiger partial charge in [0, 0.05) is 10.9 Å². The average Bonchev–Trinajstić information content (AvgIpc) is 2.84. The summed E-state index contributed by atoms with van der Waals surface area (Å²) in [6, 6.07) is 20.3. The molecule has 1 aromatic heterocycles. The summed E-state index contributed by atoms with van der Waals surface area (Å²) >= 11 is 0. The molecule has 1 heterocycles. The molecule has 92 valence electrons. The van der Waals surface area contributed by atoms with E-state index in [4.69, 9.17) is 4.42 Å². The number of para-hydroxylation sites is 1. The highest BCUT2D eigenvalue weighted by Gasteiger charge is 2.03. The molecule has 0 atom stereocenters. The van der Waals surface area contributed by atoms with Crippen molar-refractivity contribution in [2.24, 2.45) is 0 Å². The van der Waals surface area contributed by atoms with E-state index in [1.54, 1.807) is 0 Å². The molecule has 0 amide bonds. The normalized spacial score (nSPS) is 9.89. The summed E-state index contributed by atoms with van der Waals surface area (Å²) in [5.74, 6) is 0.928. The van der Waals surface area contributed by atoms with Gasteiger partial charge in [0.25, 0.3) is 0 Å². The molecule has 0 unspecified atom stereocenters. The van der Waals surface area contributed by atoms with Gasteiger partial charge in [-0.05, 0) is 26.2 Å². The first-order valence-corrected chi connectivity index (χ1v) is 5.97. The van der Waals surface area contributed by atoms with Crippen LogP contribution >= 0.6 is 0 Å². The number of hydrogen-bond acceptors (Lipinski definition) is 2. The Morgan fingerprint density at radius 3 is 2.11 bits per heavy atom. The topological polar surface area (TPSA) is 25.2 Å². The van der Waals surface area contributed by atoms with E-state index in [1.807, 2.05) is 50.5 Å². The van der Waals surface area contributed by atoms with E-state index < -0.39 is 0 Å². The molecule has 0 saturated heterocycles. The Hall–Kier alpha value is -2.06. The molecule has 0 fully saturated rings. The molecule has 0 aliphatic rings. The van der Waals surface area contributed by atoms with E-state index in [0.717, 1.165) is 22.3 Å². The first-order chi connectivity index (χ1) is 8.85. The van der Waals surface area contributed by atoms with Crippen LogP contribution in [0.4, 0.5) is 0 Å². The van der Waals surface area contributed by atoms with Crippen molar-refractivity contribution in [3.8, 4) is 11.3 Å². The molecule has 2 nitrogen and oxygen atoms in total. The van der Waals surface area contributed by atoms with Crippen LogP contribution in [0.2, 0.25) is 0 Å². The second-order valence-corrected chi connectivity index (χ2v) is 4.01. The average molecular weight is 239 g/mol. The third kappa shape index (κ3) is 2.79. The summed E-state index contributed by atoms with van der Waals surface area (Å²) in [6.07, 6.45) is 0. The molecule has 3 rings (SSSR count). The molecule has 0 aliphatic heterocycles. The van der Waals surface area contributed by atoms with Crippen molar-refractivity contribution in [1.29, 1.82) is 0 Å². The summed E-state index contributed by atoms with van der Waals surface area (Å²) in [4.78, 5) is 0. The van der Waals surface area contributed by atoms with Gasteiger partial charge in [-0.1, -0.05) is 48.5 Å². The van der Waals surface area contributed by atoms with Crippen LogP contribution in [0, 0.1) is 0 Å². The largest absolute Gasteiger partial charge is 0.456 e. The van der Waals surface area contributed by atoms with Gasteiger partial charge in [-0.25, -0.2) is 0 Å². The van der Waals surface area contributed by atoms with Crippen LogP contribution in [-0.4, -0.2) is 14.1 Å². The second-order valence-electron chi connectivity index (χ2n) is 4.01. The lowest BCUT2D eigenvalue weighted by Gasteiger charge is -1.93. The molecular weight excluding hydrogens is 222 g/mol. The van der Waals surface area contributed by atoms with Gasteiger partial charge in [0.1, 0.15) is 11.3 Å². The Balaban J connectivity index is 0.000000367. The fourth-order valence-electron chi connectivity index (χ4n) is 1.73. The molecule has 2 aromatic carbocycles. The highest BCUT2D eigenvalue weighted by Crippen LogP contribution is 2.27. The maximum Gasteiger partial charge on any atom is 0.135 e. The molecule has 2 heteroatoms. The van der Waals surface area contributed by atoms with Crippen LogP contribution in [0.3, 0.4) is 0 Å². The predicted molar refractivity (Wildman–Crippen MR) is 76.6 cm³/mol. The Kier molecular flexibility index (Phi) is 4.15. The summed E-state index contributed by atoms with van der Waals surface area (Å²) in [7, 11) is 3.75. The van der Waals surface area contributed by atoms with E-state index in [1.165, 1.54) is 0 Å². The van der Waals surface area contributed by atoms with Crippen LogP contribution in [0.15, 0.2) is 65.1 Å². The fourth-order valence-corrected chi connectivity index (χ4v) is 1.73. The zero-order chi connectivity index (χ0) is 12.8. The van der Waals surface area contributed by atoms with Gasteiger partial charge in [0.05, 0.1) is 0 Å². The van der Waals surface area contributed by atoms with Gasteiger partial charge in [-0.2, -0.15) is 0 Å². The van der Waals surface area contributed by atoms with E-state index in [9.17, 15) is 0 Å². The van der Waals surface area contributed by atoms with Crippen LogP contribution in [-0.2, 0) is 0 Å². The Morgan fingerprint density at radius 2 is 1.44 bits per heavy atom. The Bertz CT molecular complexity index is 566. The Labute approximate surface area is 107 Å². The van der Waals surface area contributed by atoms with E-state index in [2.05, 4.69) is 29.6 Å². The van der Waals surface area contributed by atoms with Crippen molar-refractivity contribution < 1.29 is 4.42 Å². The third-order valence-electron chi connectivity index (χ3n) is 2.48. The molecular formula is C16H17NO. The van der Waals surface area contributed by atoms with Gasteiger partial charge in [-0.15, -0.1) is 0 Å². The quantitative estimate of drug-likeness (QED) is 0.696. The zero-order valence-corrected chi connectivity index (χ0v) is 10.7. The van der Waals surface area contributed by atoms with Crippen molar-refractivity contribution in [2.75, 3.05) is 14.1 Å². The van der Waals surface area contributed by atoms with Crippen molar-refractivity contribution in [3.63, 3.8) is 0 Å². The van der Waals surface area contributed by atoms with Crippen LogP contribution < -0.4 is 5.32 Å². The first kappa shape index (κ1) is 12.4. The minimum Gasteiger partial charge on any atom is -0.456 e. The van der Waals surface area contributed by atoms with Gasteiger partial charge in [0.2, 0.25) is 0 Å². The molecule has 1 N–H and O–H groups in total. The molecule has 0 bridgehead atoms. The molecule has 0 aliphatic carbocycles. The van der Waals surface area contributed by atoms with Gasteiger partial charge in [0.15, 0.2) is 0 Å². The van der Waals surface area contributed by atoms with Crippen LogP contribution in [0.25, 0.3) is 22.3 Å². The SMILES string of the molecule is CNC.c1ccc(-c2cc3ccccc3o2)cc1. The van der Waals surface area contributed by atoms with E-state index in [-0.39, 0.29) is 0 Å². The van der Waals surface area contributed by atoms with Gasteiger partial charge < -0.3 is 9.73 Å². The van der Waals surface area contributed by atoms with E-state index >= 15 is 0 Å². The maximum absolute atomic E-state index is 5.75. The number of rotatable bonds is 1. The van der Waals surface area contributed by atoms with Crippen molar-refractivity contribution >= 4 is 11.0 Å². The predicted octanol–water partition coefficient (Wildman–Crippen LogP) is 3.94. The summed E-state index contributed by atoms with van der Waals surface area (Å²) in [5.41, 5.74) is 2.06. The zero-order valence-electron chi connectivity index (χ0n) is 10.7. The molecule has 3 aromatic rings. The summed E-state index contributed by atoms with van der Waals surface area (Å²) in [5, 5.41) is 3.90. The number of nitrogens with one attached hydrogen (secondary N) is 1. The van der Waals surface area contributed by atoms with Crippen LogP contribution in [0.5, 0.6) is 0 Å². The number of benzene rings is 2. The van der Waals surface area contributed by atoms with Crippen molar-refractivity contribution in [1.82, 2.24) is 5.32 Å². The third-order valence-corrected chi connectivity index (χ3v) is 2.48. The fraction of sp³-hybridized carbons (Fsp3) is 0.125.